The van der Waals surface area contributed by atoms with E-state index in [1.807, 2.05) is 13.8 Å². The highest BCUT2D eigenvalue weighted by Crippen LogP contribution is 2.60. The second kappa shape index (κ2) is 19.5. The summed E-state index contributed by atoms with van der Waals surface area (Å²) in [6.45, 7) is 16.4. The second-order valence-electron chi connectivity index (χ2n) is 16.8. The number of ether oxygens (including phenoxy) is 2. The summed E-state index contributed by atoms with van der Waals surface area (Å²) >= 11 is 0. The number of rotatable bonds is 19. The van der Waals surface area contributed by atoms with Crippen molar-refractivity contribution in [3.8, 4) is 0 Å². The number of aliphatic hydroxyl groups is 1. The van der Waals surface area contributed by atoms with Crippen LogP contribution in [0.2, 0.25) is 0 Å². The molecule has 1 aliphatic heterocycles. The fraction of sp³-hybridized carbons (Fsp3) is 0.762. The molecule has 0 aromatic rings. The summed E-state index contributed by atoms with van der Waals surface area (Å²) in [6.07, 6.45) is 18.4. The number of hydrogen-bond donors (Lipinski definition) is 2. The molecule has 4 fully saturated rings. The Bertz CT molecular complexity index is 1320. The zero-order valence-electron chi connectivity index (χ0n) is 32.6. The molecule has 0 bridgehead atoms. The van der Waals surface area contributed by atoms with Gasteiger partial charge in [0, 0.05) is 32.4 Å². The fourth-order valence-electron chi connectivity index (χ4n) is 9.00. The lowest BCUT2D eigenvalue weighted by atomic mass is 9.60. The fourth-order valence-corrected chi connectivity index (χ4v) is 9.00. The Kier molecular flexibility index (Phi) is 15.7. The Morgan fingerprint density at radius 2 is 1.77 bits per heavy atom. The Hall–Kier alpha value is -2.82. The molecule has 6 atom stereocenters. The number of carbonyl (C=O) groups is 4. The van der Waals surface area contributed by atoms with Crippen LogP contribution in [0.5, 0.6) is 0 Å². The predicted octanol–water partition coefficient (Wildman–Crippen LogP) is 7.45. The van der Waals surface area contributed by atoms with Crippen molar-refractivity contribution < 1.29 is 38.6 Å². The molecule has 10 nitrogen and oxygen atoms in total. The van der Waals surface area contributed by atoms with E-state index in [-0.39, 0.29) is 50.4 Å². The zero-order chi connectivity index (χ0) is 37.9. The lowest BCUT2D eigenvalue weighted by Crippen LogP contribution is -2.36. The maximum absolute atomic E-state index is 12.3. The summed E-state index contributed by atoms with van der Waals surface area (Å²) in [5.41, 5.74) is 3.94. The quantitative estimate of drug-likeness (QED) is 0.104. The van der Waals surface area contributed by atoms with Gasteiger partial charge < -0.3 is 24.7 Å². The number of hydroxylamine groups is 2. The summed E-state index contributed by atoms with van der Waals surface area (Å²) in [5.74, 6) is 0.329. The van der Waals surface area contributed by atoms with E-state index in [0.717, 1.165) is 44.4 Å². The topological polar surface area (TPSA) is 131 Å². The van der Waals surface area contributed by atoms with Crippen molar-refractivity contribution in [2.24, 2.45) is 23.2 Å². The Morgan fingerprint density at radius 1 is 1.02 bits per heavy atom. The first-order valence-corrected chi connectivity index (χ1v) is 20.0. The molecule has 1 heterocycles. The largest absolute Gasteiger partial charge is 0.390 e. The third kappa shape index (κ3) is 12.4. The summed E-state index contributed by atoms with van der Waals surface area (Å²) in [6, 6.07) is 0. The van der Waals surface area contributed by atoms with Crippen LogP contribution in [-0.2, 0) is 33.5 Å². The third-order valence-electron chi connectivity index (χ3n) is 12.0. The highest BCUT2D eigenvalue weighted by Gasteiger charge is 2.50. The molecule has 4 rings (SSSR count). The first-order valence-electron chi connectivity index (χ1n) is 20.0. The molecule has 0 aromatic heterocycles. The summed E-state index contributed by atoms with van der Waals surface area (Å²) in [5, 5.41) is 13.7. The van der Waals surface area contributed by atoms with Crippen LogP contribution in [0.1, 0.15) is 144 Å². The van der Waals surface area contributed by atoms with Crippen molar-refractivity contribution in [1.82, 2.24) is 10.4 Å². The van der Waals surface area contributed by atoms with Crippen molar-refractivity contribution in [1.29, 1.82) is 0 Å². The minimum Gasteiger partial charge on any atom is -0.390 e. The highest BCUT2D eigenvalue weighted by molar-refractivity contribution is 6.01. The number of carbonyl (C=O) groups excluding carboxylic acids is 4. The van der Waals surface area contributed by atoms with Crippen LogP contribution < -0.4 is 5.32 Å². The molecule has 52 heavy (non-hydrogen) atoms. The van der Waals surface area contributed by atoms with Crippen LogP contribution in [0.3, 0.4) is 0 Å². The van der Waals surface area contributed by atoms with E-state index in [1.54, 1.807) is 12.5 Å². The van der Waals surface area contributed by atoms with Crippen molar-refractivity contribution >= 4 is 23.7 Å². The number of imide groups is 1. The van der Waals surface area contributed by atoms with Crippen molar-refractivity contribution in [3.05, 3.63) is 35.5 Å². The minimum atomic E-state index is -0.660. The van der Waals surface area contributed by atoms with Gasteiger partial charge in [-0.1, -0.05) is 56.6 Å². The van der Waals surface area contributed by atoms with Crippen LogP contribution >= 0.6 is 0 Å². The average molecular weight is 727 g/mol. The molecule has 1 saturated heterocycles. The number of nitrogens with one attached hydrogen (secondary N) is 1. The third-order valence-corrected chi connectivity index (χ3v) is 12.0. The van der Waals surface area contributed by atoms with Gasteiger partial charge in [-0.25, -0.2) is 4.79 Å². The summed E-state index contributed by atoms with van der Waals surface area (Å²) in [4.78, 5) is 52.3. The molecular formula is C42H66N2O8. The first kappa shape index (κ1) is 41.9. The lowest BCUT2D eigenvalue weighted by Gasteiger charge is -2.44. The number of hydrogen-bond acceptors (Lipinski definition) is 8. The van der Waals surface area contributed by atoms with E-state index >= 15 is 0 Å². The van der Waals surface area contributed by atoms with Gasteiger partial charge in [0.05, 0.1) is 30.8 Å². The predicted molar refractivity (Wildman–Crippen MR) is 200 cm³/mol. The van der Waals surface area contributed by atoms with Gasteiger partial charge in [0.1, 0.15) is 0 Å². The second-order valence-corrected chi connectivity index (χ2v) is 16.8. The molecule has 292 valence electrons. The molecule has 3 saturated carbocycles. The Balaban J connectivity index is 1.11. The van der Waals surface area contributed by atoms with Gasteiger partial charge in [0.15, 0.2) is 0 Å². The van der Waals surface area contributed by atoms with E-state index in [4.69, 9.17) is 14.3 Å². The monoisotopic (exact) mass is 726 g/mol. The van der Waals surface area contributed by atoms with Gasteiger partial charge in [-0.15, -0.1) is 5.06 Å². The number of allylic oxidation sites excluding steroid dienone is 4. The van der Waals surface area contributed by atoms with Crippen molar-refractivity contribution in [2.45, 2.75) is 162 Å². The van der Waals surface area contributed by atoms with Crippen molar-refractivity contribution in [2.75, 3.05) is 19.8 Å². The van der Waals surface area contributed by atoms with E-state index in [0.29, 0.717) is 41.9 Å². The van der Waals surface area contributed by atoms with Crippen LogP contribution in [-0.4, -0.2) is 71.4 Å². The SMILES string of the molecule is C=C1CC[C@H](OCCCNC(=O)CCOC(C)CCC(=O)ON2C(=O)CCC2=O)C/C1=C/C=C1\CCC[C@]2(C)[C@@H]([C@H](C)CCCC(C)(C)O)CC[C@@H]12. The van der Waals surface area contributed by atoms with Gasteiger partial charge in [-0.2, -0.15) is 0 Å². The molecular weight excluding hydrogens is 660 g/mol. The number of amides is 3. The van der Waals surface area contributed by atoms with Crippen LogP contribution in [0, 0.1) is 23.2 Å². The molecule has 3 amide bonds. The van der Waals surface area contributed by atoms with Gasteiger partial charge >= 0.3 is 5.97 Å². The van der Waals surface area contributed by atoms with E-state index < -0.39 is 23.4 Å². The average Bonchev–Trinajstić information content (AvgIpc) is 3.60. The maximum atomic E-state index is 12.3. The summed E-state index contributed by atoms with van der Waals surface area (Å²) < 4.78 is 11.9. The standard InChI is InChI=1S/C42H66N2O8/c1-29-12-16-34(51-26-9-25-43-37(45)22-27-50-31(3)13-21-40(48)52-44-38(46)19-20-39(44)47)28-33(29)15-14-32-11-8-24-42(6)35(17-18-36(32)42)30(2)10-7-23-41(4,5)49/h14-15,30-31,34-36,49H,1,7-13,16-28H2,2-6H3,(H,43,45)/b32-14+,33-15-/t30-,31?,34+,35-,36+,42-/m1/s1. The van der Waals surface area contributed by atoms with E-state index in [2.05, 4.69) is 37.9 Å². The van der Waals surface area contributed by atoms with Gasteiger partial charge in [0.2, 0.25) is 5.91 Å². The Labute approximate surface area is 312 Å². The maximum Gasteiger partial charge on any atom is 0.333 e. The normalized spacial score (nSPS) is 28.0. The molecule has 1 unspecified atom stereocenters. The van der Waals surface area contributed by atoms with Gasteiger partial charge in [0.25, 0.3) is 11.8 Å². The van der Waals surface area contributed by atoms with Crippen LogP contribution in [0.25, 0.3) is 0 Å². The molecule has 3 aliphatic carbocycles. The lowest BCUT2D eigenvalue weighted by molar-refractivity contribution is -0.197. The molecule has 0 radical (unpaired) electrons. The smallest absolute Gasteiger partial charge is 0.333 e. The molecule has 10 heteroatoms. The van der Waals surface area contributed by atoms with E-state index in [9.17, 15) is 24.3 Å². The van der Waals surface area contributed by atoms with Crippen molar-refractivity contribution in [3.63, 3.8) is 0 Å². The van der Waals surface area contributed by atoms with Crippen LogP contribution in [0.15, 0.2) is 35.5 Å². The zero-order valence-corrected chi connectivity index (χ0v) is 32.6. The number of nitrogens with zero attached hydrogens (tertiary/aromatic N) is 1. The van der Waals surface area contributed by atoms with Gasteiger partial charge in [-0.3, -0.25) is 14.4 Å². The Morgan fingerprint density at radius 3 is 2.50 bits per heavy atom. The first-order chi connectivity index (χ1) is 24.7. The van der Waals surface area contributed by atoms with Crippen LogP contribution in [0.4, 0.5) is 0 Å². The van der Waals surface area contributed by atoms with Gasteiger partial charge in [-0.05, 0) is 120 Å². The molecule has 0 spiro atoms. The molecule has 2 N–H and O–H groups in total. The van der Waals surface area contributed by atoms with E-state index in [1.165, 1.54) is 49.7 Å². The number of fused-ring (bicyclic) bond motifs is 1. The highest BCUT2D eigenvalue weighted by atomic mass is 16.7. The summed E-state index contributed by atoms with van der Waals surface area (Å²) in [7, 11) is 0. The molecule has 4 aliphatic rings. The molecule has 0 aromatic carbocycles. The minimum absolute atomic E-state index is 0.00104.